The Balaban J connectivity index is 2.34. The third-order valence-corrected chi connectivity index (χ3v) is 4.26. The lowest BCUT2D eigenvalue weighted by Crippen LogP contribution is -2.28. The average molecular weight is 446 g/mol. The molecule has 3 aromatic rings. The van der Waals surface area contributed by atoms with E-state index in [1.54, 1.807) is 0 Å². The predicted octanol–water partition coefficient (Wildman–Crippen LogP) is 4.28. The van der Waals surface area contributed by atoms with Gasteiger partial charge in [0.25, 0.3) is 5.56 Å². The van der Waals surface area contributed by atoms with E-state index < -0.39 is 46.6 Å². The molecule has 0 radical (unpaired) electrons. The minimum absolute atomic E-state index is 0.0661. The Morgan fingerprint density at radius 3 is 2.13 bits per heavy atom. The molecular formula is C19H12F6N2O4. The third kappa shape index (κ3) is 4.27. The number of nitrogens with zero attached hydrogens (tertiary/aromatic N) is 1. The number of nitrogen functional groups attached to an aromatic ring is 1. The van der Waals surface area contributed by atoms with Crippen LogP contribution in [-0.4, -0.2) is 24.0 Å². The minimum Gasteiger partial charge on any atom is -0.465 e. The van der Waals surface area contributed by atoms with Crippen LogP contribution < -0.4 is 16.0 Å². The standard InChI is InChI=1S/C19H12F6N2O4/c1-30-17(29)14-15(26)12-7-2-9(18(20,21)22)8-13(12)27(16(14)28)10-3-5-11(6-4-10)31-19(23,24)25/h2-8H,26H2,1H3. The van der Waals surface area contributed by atoms with Crippen LogP contribution >= 0.6 is 0 Å². The van der Waals surface area contributed by atoms with Crippen LogP contribution in [-0.2, 0) is 10.9 Å². The van der Waals surface area contributed by atoms with Gasteiger partial charge in [0, 0.05) is 11.1 Å². The molecule has 0 saturated heterocycles. The lowest BCUT2D eigenvalue weighted by Gasteiger charge is -2.17. The smallest absolute Gasteiger partial charge is 0.465 e. The van der Waals surface area contributed by atoms with Crippen molar-refractivity contribution in [2.45, 2.75) is 12.5 Å². The molecule has 0 atom stereocenters. The van der Waals surface area contributed by atoms with Crippen LogP contribution in [0.4, 0.5) is 32.0 Å². The summed E-state index contributed by atoms with van der Waals surface area (Å²) in [6.45, 7) is 0. The minimum atomic E-state index is -4.97. The van der Waals surface area contributed by atoms with Crippen molar-refractivity contribution in [3.63, 3.8) is 0 Å². The van der Waals surface area contributed by atoms with Crippen molar-refractivity contribution in [1.82, 2.24) is 4.57 Å². The number of carbonyl (C=O) groups is 1. The van der Waals surface area contributed by atoms with Crippen LogP contribution in [0, 0.1) is 0 Å². The number of fused-ring (bicyclic) bond motifs is 1. The Bertz CT molecular complexity index is 1210. The molecule has 0 fully saturated rings. The molecule has 1 heterocycles. The van der Waals surface area contributed by atoms with Crippen molar-refractivity contribution in [2.75, 3.05) is 12.8 Å². The molecule has 0 aliphatic carbocycles. The maximum Gasteiger partial charge on any atom is 0.573 e. The molecule has 2 N–H and O–H groups in total. The summed E-state index contributed by atoms with van der Waals surface area (Å²) in [5.41, 5.74) is 2.17. The fraction of sp³-hybridized carbons (Fsp3) is 0.158. The summed E-state index contributed by atoms with van der Waals surface area (Å²) < 4.78 is 85.7. The average Bonchev–Trinajstić information content (AvgIpc) is 2.67. The maximum atomic E-state index is 13.2. The van der Waals surface area contributed by atoms with Gasteiger partial charge in [-0.2, -0.15) is 13.2 Å². The first kappa shape index (κ1) is 22.0. The topological polar surface area (TPSA) is 83.6 Å². The van der Waals surface area contributed by atoms with E-state index >= 15 is 0 Å². The molecule has 0 aliphatic rings. The first-order valence-corrected chi connectivity index (χ1v) is 8.33. The summed E-state index contributed by atoms with van der Waals surface area (Å²) in [6.07, 6.45) is -9.72. The zero-order valence-electron chi connectivity index (χ0n) is 15.5. The number of methoxy groups -OCH3 is 1. The molecule has 164 valence electrons. The number of rotatable bonds is 3. The fourth-order valence-electron chi connectivity index (χ4n) is 2.94. The fourth-order valence-corrected chi connectivity index (χ4v) is 2.94. The Kier molecular flexibility index (Phi) is 5.34. The highest BCUT2D eigenvalue weighted by Crippen LogP contribution is 2.34. The second kappa shape index (κ2) is 7.52. The Morgan fingerprint density at radius 2 is 1.61 bits per heavy atom. The number of pyridine rings is 1. The van der Waals surface area contributed by atoms with Gasteiger partial charge in [-0.25, -0.2) is 4.79 Å². The largest absolute Gasteiger partial charge is 0.573 e. The Morgan fingerprint density at radius 1 is 1.00 bits per heavy atom. The van der Waals surface area contributed by atoms with Crippen molar-refractivity contribution in [3.8, 4) is 11.4 Å². The predicted molar refractivity (Wildman–Crippen MR) is 97.0 cm³/mol. The second-order valence-corrected chi connectivity index (χ2v) is 6.19. The second-order valence-electron chi connectivity index (χ2n) is 6.19. The van der Waals surface area contributed by atoms with Crippen molar-refractivity contribution in [1.29, 1.82) is 0 Å². The van der Waals surface area contributed by atoms with Crippen molar-refractivity contribution < 1.29 is 40.6 Å². The summed E-state index contributed by atoms with van der Waals surface area (Å²) in [6, 6.07) is 6.10. The molecular weight excluding hydrogens is 434 g/mol. The summed E-state index contributed by atoms with van der Waals surface area (Å²) >= 11 is 0. The number of alkyl halides is 6. The zero-order chi connectivity index (χ0) is 23.1. The van der Waals surface area contributed by atoms with E-state index in [4.69, 9.17) is 5.73 Å². The number of halogens is 6. The molecule has 0 bridgehead atoms. The Labute approximate surface area is 169 Å². The van der Waals surface area contributed by atoms with Gasteiger partial charge in [-0.3, -0.25) is 9.36 Å². The number of esters is 1. The van der Waals surface area contributed by atoms with Crippen LogP contribution in [0.3, 0.4) is 0 Å². The van der Waals surface area contributed by atoms with Gasteiger partial charge in [-0.1, -0.05) is 6.07 Å². The number of anilines is 1. The molecule has 31 heavy (non-hydrogen) atoms. The van der Waals surface area contributed by atoms with Gasteiger partial charge < -0.3 is 15.2 Å². The van der Waals surface area contributed by atoms with E-state index in [0.717, 1.165) is 48.1 Å². The Hall–Kier alpha value is -3.70. The van der Waals surface area contributed by atoms with Crippen molar-refractivity contribution in [2.24, 2.45) is 0 Å². The molecule has 0 aliphatic heterocycles. The molecule has 12 heteroatoms. The molecule has 6 nitrogen and oxygen atoms in total. The molecule has 0 amide bonds. The van der Waals surface area contributed by atoms with E-state index in [9.17, 15) is 35.9 Å². The van der Waals surface area contributed by atoms with Crippen molar-refractivity contribution in [3.05, 3.63) is 63.9 Å². The van der Waals surface area contributed by atoms with Crippen molar-refractivity contribution >= 4 is 22.6 Å². The van der Waals surface area contributed by atoms with E-state index in [1.165, 1.54) is 0 Å². The van der Waals surface area contributed by atoms with Gasteiger partial charge in [-0.05, 0) is 36.4 Å². The van der Waals surface area contributed by atoms with E-state index in [2.05, 4.69) is 9.47 Å². The van der Waals surface area contributed by atoms with E-state index in [1.807, 2.05) is 0 Å². The molecule has 0 unspecified atom stereocenters. The number of carbonyl (C=O) groups excluding carboxylic acids is 1. The van der Waals surface area contributed by atoms with Crippen LogP contribution in [0.25, 0.3) is 16.6 Å². The SMILES string of the molecule is COC(=O)c1c(N)c2ccc(C(F)(F)F)cc2n(-c2ccc(OC(F)(F)F)cc2)c1=O. The van der Waals surface area contributed by atoms with E-state index in [-0.39, 0.29) is 16.6 Å². The normalized spacial score (nSPS) is 12.1. The molecule has 1 aromatic heterocycles. The summed E-state index contributed by atoms with van der Waals surface area (Å²) in [7, 11) is 0.978. The van der Waals surface area contributed by atoms with Gasteiger partial charge in [-0.15, -0.1) is 13.2 Å². The lowest BCUT2D eigenvalue weighted by atomic mass is 10.1. The first-order valence-electron chi connectivity index (χ1n) is 8.33. The molecule has 0 spiro atoms. The zero-order valence-corrected chi connectivity index (χ0v) is 15.5. The van der Waals surface area contributed by atoms with Crippen LogP contribution in [0.15, 0.2) is 47.3 Å². The van der Waals surface area contributed by atoms with Crippen LogP contribution in [0.5, 0.6) is 5.75 Å². The first-order chi connectivity index (χ1) is 14.3. The van der Waals surface area contributed by atoms with Crippen LogP contribution in [0.2, 0.25) is 0 Å². The molecule has 2 aromatic carbocycles. The highest BCUT2D eigenvalue weighted by atomic mass is 19.4. The highest BCUT2D eigenvalue weighted by Gasteiger charge is 2.33. The number of aromatic nitrogens is 1. The molecule has 3 rings (SSSR count). The lowest BCUT2D eigenvalue weighted by molar-refractivity contribution is -0.274. The summed E-state index contributed by atoms with van der Waals surface area (Å²) in [4.78, 5) is 25.0. The quantitative estimate of drug-likeness (QED) is 0.480. The van der Waals surface area contributed by atoms with Gasteiger partial charge in [0.1, 0.15) is 11.3 Å². The van der Waals surface area contributed by atoms with Gasteiger partial charge in [0.2, 0.25) is 0 Å². The van der Waals surface area contributed by atoms with E-state index in [0.29, 0.717) is 6.07 Å². The summed E-state index contributed by atoms with van der Waals surface area (Å²) in [5, 5.41) is -0.0661. The number of hydrogen-bond donors (Lipinski definition) is 1. The summed E-state index contributed by atoms with van der Waals surface area (Å²) in [5.74, 6) is -1.75. The van der Waals surface area contributed by atoms with Crippen LogP contribution in [0.1, 0.15) is 15.9 Å². The van der Waals surface area contributed by atoms with Gasteiger partial charge >= 0.3 is 18.5 Å². The van der Waals surface area contributed by atoms with Gasteiger partial charge in [0.05, 0.1) is 23.9 Å². The highest BCUT2D eigenvalue weighted by molar-refractivity contribution is 6.04. The number of hydrogen-bond acceptors (Lipinski definition) is 5. The monoisotopic (exact) mass is 446 g/mol. The maximum absolute atomic E-state index is 13.2. The number of ether oxygens (including phenoxy) is 2. The third-order valence-electron chi connectivity index (χ3n) is 4.26. The number of benzene rings is 2. The number of nitrogens with two attached hydrogens (primary N) is 1. The molecule has 0 saturated carbocycles. The van der Waals surface area contributed by atoms with Gasteiger partial charge in [0.15, 0.2) is 0 Å².